The molecule has 0 saturated heterocycles. The first-order chi connectivity index (χ1) is 25.2. The van der Waals surface area contributed by atoms with E-state index in [0.717, 1.165) is 49.8 Å². The van der Waals surface area contributed by atoms with Gasteiger partial charge in [0.2, 0.25) is 0 Å². The summed E-state index contributed by atoms with van der Waals surface area (Å²) in [5, 5.41) is 6.89. The Morgan fingerprint density at radius 3 is 1.76 bits per heavy atom. The summed E-state index contributed by atoms with van der Waals surface area (Å²) in [6.07, 6.45) is 0. The summed E-state index contributed by atoms with van der Waals surface area (Å²) in [7, 11) is 0. The maximum atomic E-state index is 6.43. The van der Waals surface area contributed by atoms with Gasteiger partial charge in [0.15, 0.2) is 17.5 Å². The van der Waals surface area contributed by atoms with Gasteiger partial charge in [-0.05, 0) is 68.1 Å². The molecule has 4 heteroatoms. The quantitative estimate of drug-likeness (QED) is 0.186. The Morgan fingerprint density at radius 1 is 0.314 bits per heavy atom. The fraction of sp³-hybridized carbons (Fsp3) is 0. The topological polar surface area (TPSA) is 51.8 Å². The normalized spacial score (nSPS) is 11.5. The molecule has 51 heavy (non-hydrogen) atoms. The summed E-state index contributed by atoms with van der Waals surface area (Å²) in [6, 6.07) is 61.1. The van der Waals surface area contributed by atoms with Gasteiger partial charge < -0.3 is 4.42 Å². The van der Waals surface area contributed by atoms with Gasteiger partial charge in [0, 0.05) is 27.5 Å². The zero-order valence-electron chi connectivity index (χ0n) is 27.5. The van der Waals surface area contributed by atoms with Crippen LogP contribution in [0.15, 0.2) is 180 Å². The van der Waals surface area contributed by atoms with Crippen LogP contribution in [0, 0.1) is 0 Å². The summed E-state index contributed by atoms with van der Waals surface area (Å²) in [4.78, 5) is 15.2. The molecule has 0 unspecified atom stereocenters. The Kier molecular flexibility index (Phi) is 6.78. The molecule has 0 amide bonds. The maximum Gasteiger partial charge on any atom is 0.164 e. The van der Waals surface area contributed by atoms with Crippen molar-refractivity contribution in [3.05, 3.63) is 176 Å². The van der Waals surface area contributed by atoms with Gasteiger partial charge in [0.05, 0.1) is 0 Å². The van der Waals surface area contributed by atoms with Crippen molar-refractivity contribution in [2.45, 2.75) is 0 Å². The smallest absolute Gasteiger partial charge is 0.164 e. The van der Waals surface area contributed by atoms with Gasteiger partial charge in [-0.2, -0.15) is 0 Å². The maximum absolute atomic E-state index is 6.43. The lowest BCUT2D eigenvalue weighted by Crippen LogP contribution is -2.00. The van der Waals surface area contributed by atoms with E-state index in [1.165, 1.54) is 32.7 Å². The molecule has 0 aliphatic carbocycles. The van der Waals surface area contributed by atoms with E-state index in [2.05, 4.69) is 133 Å². The molecule has 0 N–H and O–H groups in total. The van der Waals surface area contributed by atoms with Crippen molar-refractivity contribution in [1.29, 1.82) is 0 Å². The largest absolute Gasteiger partial charge is 0.456 e. The van der Waals surface area contributed by atoms with Gasteiger partial charge >= 0.3 is 0 Å². The molecule has 0 bridgehead atoms. The van der Waals surface area contributed by atoms with Crippen LogP contribution in [-0.2, 0) is 0 Å². The van der Waals surface area contributed by atoms with Crippen molar-refractivity contribution < 1.29 is 4.42 Å². The van der Waals surface area contributed by atoms with Crippen LogP contribution in [0.3, 0.4) is 0 Å². The highest BCUT2D eigenvalue weighted by atomic mass is 16.3. The Hall–Kier alpha value is -6.91. The fourth-order valence-electron chi connectivity index (χ4n) is 7.18. The number of benzene rings is 8. The summed E-state index contributed by atoms with van der Waals surface area (Å²) < 4.78 is 6.43. The zero-order valence-corrected chi connectivity index (χ0v) is 27.5. The number of fused-ring (bicyclic) bond motifs is 5. The van der Waals surface area contributed by atoms with E-state index >= 15 is 0 Å². The highest BCUT2D eigenvalue weighted by Gasteiger charge is 2.19. The van der Waals surface area contributed by atoms with E-state index in [1.807, 2.05) is 42.5 Å². The number of rotatable bonds is 5. The third-order valence-electron chi connectivity index (χ3n) is 9.73. The first kappa shape index (κ1) is 29.0. The van der Waals surface area contributed by atoms with Gasteiger partial charge in [0.1, 0.15) is 11.2 Å². The first-order valence-corrected chi connectivity index (χ1v) is 17.1. The van der Waals surface area contributed by atoms with E-state index in [0.29, 0.717) is 17.5 Å². The predicted octanol–water partition coefficient (Wildman–Crippen LogP) is 12.4. The van der Waals surface area contributed by atoms with Gasteiger partial charge in [-0.25, -0.2) is 15.0 Å². The number of hydrogen-bond donors (Lipinski definition) is 0. The highest BCUT2D eigenvalue weighted by molar-refractivity contribution is 6.13. The molecule has 4 nitrogen and oxygen atoms in total. The minimum Gasteiger partial charge on any atom is -0.456 e. The minimum atomic E-state index is 0.598. The molecule has 2 aromatic heterocycles. The van der Waals surface area contributed by atoms with Crippen LogP contribution < -0.4 is 0 Å². The number of furan rings is 1. The zero-order chi connectivity index (χ0) is 33.7. The SMILES string of the molecule is c1ccc(-c2nc(-c3ccc(-c4ccc5ccccc5c4)cc3)nc(-c3cccc4oc5ccc(-c6cccc7ccccc67)cc5c34)n2)cc1. The van der Waals surface area contributed by atoms with E-state index in [9.17, 15) is 0 Å². The Morgan fingerprint density at radius 2 is 0.922 bits per heavy atom. The van der Waals surface area contributed by atoms with E-state index < -0.39 is 0 Å². The molecule has 0 atom stereocenters. The summed E-state index contributed by atoms with van der Waals surface area (Å²) in [5.41, 5.74) is 8.98. The molecule has 0 aliphatic heterocycles. The molecule has 2 heterocycles. The summed E-state index contributed by atoms with van der Waals surface area (Å²) in [5.74, 6) is 1.84. The number of hydrogen-bond acceptors (Lipinski definition) is 4. The second-order valence-corrected chi connectivity index (χ2v) is 12.8. The Balaban J connectivity index is 1.13. The van der Waals surface area contributed by atoms with Crippen LogP contribution in [0.2, 0.25) is 0 Å². The molecule has 0 fully saturated rings. The molecular formula is C47H29N3O. The van der Waals surface area contributed by atoms with Gasteiger partial charge in [0.25, 0.3) is 0 Å². The van der Waals surface area contributed by atoms with Crippen LogP contribution in [0.5, 0.6) is 0 Å². The molecule has 0 spiro atoms. The van der Waals surface area contributed by atoms with Gasteiger partial charge in [-0.15, -0.1) is 0 Å². The minimum absolute atomic E-state index is 0.598. The molecule has 8 aromatic carbocycles. The van der Waals surface area contributed by atoms with Crippen molar-refractivity contribution in [2.75, 3.05) is 0 Å². The highest BCUT2D eigenvalue weighted by Crippen LogP contribution is 2.39. The molecule has 0 aliphatic rings. The van der Waals surface area contributed by atoms with Crippen molar-refractivity contribution in [3.63, 3.8) is 0 Å². The van der Waals surface area contributed by atoms with Crippen LogP contribution in [-0.4, -0.2) is 15.0 Å². The fourth-order valence-corrected chi connectivity index (χ4v) is 7.18. The molecule has 10 aromatic rings. The van der Waals surface area contributed by atoms with E-state index in [-0.39, 0.29) is 0 Å². The second-order valence-electron chi connectivity index (χ2n) is 12.8. The molecule has 0 saturated carbocycles. The van der Waals surface area contributed by atoms with E-state index in [1.54, 1.807) is 0 Å². The van der Waals surface area contributed by atoms with Crippen LogP contribution in [0.4, 0.5) is 0 Å². The lowest BCUT2D eigenvalue weighted by Gasteiger charge is -2.10. The molecule has 10 rings (SSSR count). The van der Waals surface area contributed by atoms with Crippen molar-refractivity contribution in [1.82, 2.24) is 15.0 Å². The molecule has 238 valence electrons. The second kappa shape index (κ2) is 11.9. The monoisotopic (exact) mass is 651 g/mol. The third kappa shape index (κ3) is 5.13. The van der Waals surface area contributed by atoms with E-state index in [4.69, 9.17) is 19.4 Å². The Labute approximate surface area is 294 Å². The molecular weight excluding hydrogens is 623 g/mol. The van der Waals surface area contributed by atoms with Gasteiger partial charge in [-0.1, -0.05) is 152 Å². The molecule has 0 radical (unpaired) electrons. The number of aromatic nitrogens is 3. The van der Waals surface area contributed by atoms with Crippen molar-refractivity contribution in [3.8, 4) is 56.4 Å². The lowest BCUT2D eigenvalue weighted by molar-refractivity contribution is 0.669. The predicted molar refractivity (Wildman–Crippen MR) is 209 cm³/mol. The summed E-state index contributed by atoms with van der Waals surface area (Å²) in [6.45, 7) is 0. The average Bonchev–Trinajstić information content (AvgIpc) is 3.59. The van der Waals surface area contributed by atoms with Crippen LogP contribution in [0.1, 0.15) is 0 Å². The Bertz CT molecular complexity index is 2900. The van der Waals surface area contributed by atoms with Crippen LogP contribution in [0.25, 0.3) is 99.9 Å². The van der Waals surface area contributed by atoms with Gasteiger partial charge in [-0.3, -0.25) is 0 Å². The van der Waals surface area contributed by atoms with Crippen molar-refractivity contribution >= 4 is 43.5 Å². The first-order valence-electron chi connectivity index (χ1n) is 17.1. The van der Waals surface area contributed by atoms with Crippen LogP contribution >= 0.6 is 0 Å². The average molecular weight is 652 g/mol. The third-order valence-corrected chi connectivity index (χ3v) is 9.73. The summed E-state index contributed by atoms with van der Waals surface area (Å²) >= 11 is 0. The standard InChI is InChI=1S/C47H29N3O/c1-2-12-33(13-3-1)45-48-46(34-23-20-31(21-24-34)36-25-22-30-10-4-5-14-35(30)28-36)50-47(49-45)40-18-9-19-43-44(40)41-29-37(26-27-42(41)51-43)39-17-8-15-32-11-6-7-16-38(32)39/h1-29H. The lowest BCUT2D eigenvalue weighted by atomic mass is 9.96. The number of nitrogens with zero attached hydrogens (tertiary/aromatic N) is 3. The van der Waals surface area contributed by atoms with Crippen molar-refractivity contribution in [2.24, 2.45) is 0 Å².